The van der Waals surface area contributed by atoms with E-state index in [9.17, 15) is 24.6 Å². The number of nitrogens with zero attached hydrogens (tertiary/aromatic N) is 1. The van der Waals surface area contributed by atoms with Crippen LogP contribution < -0.4 is 29.8 Å². The summed E-state index contributed by atoms with van der Waals surface area (Å²) in [5.74, 6) is -2.82. The van der Waals surface area contributed by atoms with Gasteiger partial charge < -0.3 is 34.0 Å². The molecule has 1 N–H and O–H groups in total. The van der Waals surface area contributed by atoms with Crippen molar-refractivity contribution in [3.8, 4) is 17.2 Å². The number of hydrazone groups is 1. The van der Waals surface area contributed by atoms with Crippen molar-refractivity contribution in [1.29, 1.82) is 0 Å². The van der Waals surface area contributed by atoms with Gasteiger partial charge in [0.1, 0.15) is 19.0 Å². The van der Waals surface area contributed by atoms with E-state index < -0.39 is 31.1 Å². The average molecular weight is 400 g/mol. The maximum absolute atomic E-state index is 12.0. The lowest BCUT2D eigenvalue weighted by molar-refractivity contribution is -0.309. The van der Waals surface area contributed by atoms with Crippen molar-refractivity contribution in [3.05, 3.63) is 53.6 Å². The van der Waals surface area contributed by atoms with Crippen LogP contribution >= 0.6 is 0 Å². The molecule has 2 aromatic rings. The van der Waals surface area contributed by atoms with E-state index in [1.165, 1.54) is 31.5 Å². The molecule has 0 saturated carbocycles. The fourth-order valence-corrected chi connectivity index (χ4v) is 2.08. The molecule has 2 rings (SSSR count). The molecule has 2 aromatic carbocycles. The largest absolute Gasteiger partial charge is 0.546 e. The normalized spacial score (nSPS) is 10.4. The van der Waals surface area contributed by atoms with Crippen molar-refractivity contribution in [3.63, 3.8) is 0 Å². The number of rotatable bonds is 10. The van der Waals surface area contributed by atoms with Crippen LogP contribution in [0.3, 0.4) is 0 Å². The van der Waals surface area contributed by atoms with Gasteiger partial charge in [-0.1, -0.05) is 0 Å². The summed E-state index contributed by atoms with van der Waals surface area (Å²) < 4.78 is 15.0. The number of benzene rings is 2. The molecule has 0 radical (unpaired) electrons. The van der Waals surface area contributed by atoms with E-state index in [-0.39, 0.29) is 11.5 Å². The zero-order valence-electron chi connectivity index (χ0n) is 15.2. The van der Waals surface area contributed by atoms with Gasteiger partial charge in [0, 0.05) is 5.56 Å². The Balaban J connectivity index is 2.07. The molecular weight excluding hydrogens is 384 g/mol. The van der Waals surface area contributed by atoms with Gasteiger partial charge in [-0.15, -0.1) is 0 Å². The van der Waals surface area contributed by atoms with Gasteiger partial charge >= 0.3 is 0 Å². The van der Waals surface area contributed by atoms with Gasteiger partial charge in [-0.05, 0) is 48.0 Å². The minimum absolute atomic E-state index is 0.00475. The molecule has 0 aliphatic rings. The fourth-order valence-electron chi connectivity index (χ4n) is 2.08. The summed E-state index contributed by atoms with van der Waals surface area (Å²) in [6.07, 6.45) is 1.29. The van der Waals surface area contributed by atoms with Crippen LogP contribution in [0.15, 0.2) is 47.6 Å². The Morgan fingerprint density at radius 3 is 2.17 bits per heavy atom. The van der Waals surface area contributed by atoms with Gasteiger partial charge in [0.15, 0.2) is 11.5 Å². The minimum atomic E-state index is -1.47. The summed E-state index contributed by atoms with van der Waals surface area (Å²) >= 11 is 0. The van der Waals surface area contributed by atoms with Crippen LogP contribution in [0, 0.1) is 0 Å². The summed E-state index contributed by atoms with van der Waals surface area (Å²) in [7, 11) is 1.51. The number of nitrogens with one attached hydrogen (secondary N) is 1. The zero-order chi connectivity index (χ0) is 21.2. The van der Waals surface area contributed by atoms with E-state index in [4.69, 9.17) is 14.2 Å². The number of carbonyl (C=O) groups excluding carboxylic acids is 3. The highest BCUT2D eigenvalue weighted by Crippen LogP contribution is 2.28. The Kier molecular flexibility index (Phi) is 7.54. The predicted molar refractivity (Wildman–Crippen MR) is 95.5 cm³/mol. The molecule has 0 spiro atoms. The van der Waals surface area contributed by atoms with Crippen molar-refractivity contribution in [2.24, 2.45) is 5.10 Å². The van der Waals surface area contributed by atoms with Gasteiger partial charge in [0.05, 0.1) is 25.3 Å². The molecule has 10 nitrogen and oxygen atoms in total. The predicted octanol–water partition coefficient (Wildman–Crippen LogP) is -1.28. The van der Waals surface area contributed by atoms with Crippen LogP contribution in [0.2, 0.25) is 0 Å². The Labute approximate surface area is 165 Å². The first-order chi connectivity index (χ1) is 13.9. The SMILES string of the molecule is COc1ccc(C(=O)NN=Cc2ccc(OCC(=O)[O-])c(OCC(=O)[O-])c2)cc1. The fraction of sp³-hybridized carbons (Fsp3) is 0.158. The molecular formula is C19H16N2O8-2. The monoisotopic (exact) mass is 400 g/mol. The van der Waals surface area contributed by atoms with Gasteiger partial charge in [-0.3, -0.25) is 4.79 Å². The van der Waals surface area contributed by atoms with E-state index in [0.29, 0.717) is 16.9 Å². The van der Waals surface area contributed by atoms with E-state index in [1.807, 2.05) is 0 Å². The molecule has 0 atom stereocenters. The third-order valence-corrected chi connectivity index (χ3v) is 3.39. The molecule has 0 aromatic heterocycles. The zero-order valence-corrected chi connectivity index (χ0v) is 15.2. The maximum atomic E-state index is 12.0. The molecule has 0 fully saturated rings. The number of hydrogen-bond acceptors (Lipinski definition) is 9. The quantitative estimate of drug-likeness (QED) is 0.383. The van der Waals surface area contributed by atoms with Crippen LogP contribution in [0.25, 0.3) is 0 Å². The topological polar surface area (TPSA) is 149 Å². The number of amides is 1. The first kappa shape index (κ1) is 21.2. The molecule has 0 aliphatic carbocycles. The summed E-state index contributed by atoms with van der Waals surface area (Å²) in [6.45, 7) is -1.51. The average Bonchev–Trinajstić information content (AvgIpc) is 2.71. The van der Waals surface area contributed by atoms with Crippen molar-refractivity contribution >= 4 is 24.1 Å². The van der Waals surface area contributed by atoms with Gasteiger partial charge in [-0.25, -0.2) is 5.43 Å². The second-order valence-corrected chi connectivity index (χ2v) is 5.46. The molecule has 29 heavy (non-hydrogen) atoms. The van der Waals surface area contributed by atoms with Crippen molar-refractivity contribution < 1.29 is 38.8 Å². The Hall–Kier alpha value is -4.08. The van der Waals surface area contributed by atoms with E-state index in [1.54, 1.807) is 24.3 Å². The Morgan fingerprint density at radius 1 is 0.966 bits per heavy atom. The number of hydrogen-bond donors (Lipinski definition) is 1. The summed E-state index contributed by atoms with van der Waals surface area (Å²) in [5.41, 5.74) is 3.13. The van der Waals surface area contributed by atoms with Crippen LogP contribution in [-0.2, 0) is 9.59 Å². The molecule has 0 heterocycles. The number of methoxy groups -OCH3 is 1. The van der Waals surface area contributed by atoms with Crippen molar-refractivity contribution in [2.45, 2.75) is 0 Å². The van der Waals surface area contributed by atoms with E-state index in [2.05, 4.69) is 10.5 Å². The number of carboxylic acid groups (broad SMARTS) is 2. The Bertz CT molecular complexity index is 909. The lowest BCUT2D eigenvalue weighted by Gasteiger charge is -2.14. The van der Waals surface area contributed by atoms with Crippen LogP contribution in [-0.4, -0.2) is 44.4 Å². The highest BCUT2D eigenvalue weighted by Gasteiger charge is 2.08. The molecule has 0 saturated heterocycles. The first-order valence-corrected chi connectivity index (χ1v) is 8.16. The van der Waals surface area contributed by atoms with Crippen LogP contribution in [0.1, 0.15) is 15.9 Å². The number of carboxylic acids is 2. The highest BCUT2D eigenvalue weighted by molar-refractivity contribution is 5.95. The number of carbonyl (C=O) groups is 3. The molecule has 10 heteroatoms. The van der Waals surface area contributed by atoms with Crippen molar-refractivity contribution in [2.75, 3.05) is 20.3 Å². The molecule has 0 aliphatic heterocycles. The summed E-state index contributed by atoms with van der Waals surface area (Å²) in [6, 6.07) is 10.6. The number of aliphatic carboxylic acids is 2. The van der Waals surface area contributed by atoms with E-state index in [0.717, 1.165) is 0 Å². The lowest BCUT2D eigenvalue weighted by Crippen LogP contribution is -2.30. The van der Waals surface area contributed by atoms with Gasteiger partial charge in [0.25, 0.3) is 5.91 Å². The minimum Gasteiger partial charge on any atom is -0.546 e. The molecule has 0 unspecified atom stereocenters. The summed E-state index contributed by atoms with van der Waals surface area (Å²) in [5, 5.41) is 24.9. The third-order valence-electron chi connectivity index (χ3n) is 3.39. The third kappa shape index (κ3) is 6.86. The highest BCUT2D eigenvalue weighted by atomic mass is 16.5. The Morgan fingerprint density at radius 2 is 1.59 bits per heavy atom. The van der Waals surface area contributed by atoms with Crippen LogP contribution in [0.5, 0.6) is 17.2 Å². The lowest BCUT2D eigenvalue weighted by atomic mass is 10.2. The van der Waals surface area contributed by atoms with Gasteiger partial charge in [0.2, 0.25) is 0 Å². The smallest absolute Gasteiger partial charge is 0.271 e. The molecule has 0 bridgehead atoms. The van der Waals surface area contributed by atoms with Crippen LogP contribution in [0.4, 0.5) is 0 Å². The molecule has 1 amide bonds. The van der Waals surface area contributed by atoms with E-state index >= 15 is 0 Å². The molecule has 152 valence electrons. The standard InChI is InChI=1S/C19H18N2O8/c1-27-14-5-3-13(4-6-14)19(26)21-20-9-12-2-7-15(28-10-17(22)23)16(8-12)29-11-18(24)25/h2-9H,10-11H2,1H3,(H,21,26)(H,22,23)(H,24,25)/p-2. The second kappa shape index (κ2) is 10.3. The second-order valence-electron chi connectivity index (χ2n) is 5.46. The number of ether oxygens (including phenoxy) is 3. The summed E-state index contributed by atoms with van der Waals surface area (Å²) in [4.78, 5) is 33.2. The first-order valence-electron chi connectivity index (χ1n) is 8.16. The maximum Gasteiger partial charge on any atom is 0.271 e. The van der Waals surface area contributed by atoms with Crippen molar-refractivity contribution in [1.82, 2.24) is 5.43 Å². The van der Waals surface area contributed by atoms with Gasteiger partial charge in [-0.2, -0.15) is 5.10 Å².